The van der Waals surface area contributed by atoms with Crippen LogP contribution in [-0.2, 0) is 11.8 Å². The number of amides is 2. The van der Waals surface area contributed by atoms with Crippen LogP contribution in [0.3, 0.4) is 0 Å². The lowest BCUT2D eigenvalue weighted by atomic mass is 10.1. The molecule has 1 aromatic heterocycles. The summed E-state index contributed by atoms with van der Waals surface area (Å²) >= 11 is 0. The smallest absolute Gasteiger partial charge is 0.260 e. The van der Waals surface area contributed by atoms with E-state index in [1.54, 1.807) is 25.2 Å². The number of hydrogen-bond donors (Lipinski definition) is 2. The SMILES string of the molecule is CCNC(=O)[C@@H]1C[C@H](N)CN1C(=O)c1ccc2c(=O)n(C)cnc2c1. The molecule has 3 N–H and O–H groups in total. The molecule has 1 aromatic carbocycles. The fourth-order valence-corrected chi connectivity index (χ4v) is 3.14. The Labute approximate surface area is 144 Å². The third-order valence-corrected chi connectivity index (χ3v) is 4.41. The van der Waals surface area contributed by atoms with Gasteiger partial charge in [-0.15, -0.1) is 0 Å². The summed E-state index contributed by atoms with van der Waals surface area (Å²) < 4.78 is 1.38. The molecule has 2 amide bonds. The van der Waals surface area contributed by atoms with Crippen LogP contribution in [0.25, 0.3) is 10.9 Å². The molecule has 25 heavy (non-hydrogen) atoms. The summed E-state index contributed by atoms with van der Waals surface area (Å²) in [5.41, 5.74) is 6.63. The maximum absolute atomic E-state index is 12.9. The van der Waals surface area contributed by atoms with Crippen molar-refractivity contribution < 1.29 is 9.59 Å². The number of nitrogens with two attached hydrogens (primary N) is 1. The largest absolute Gasteiger partial charge is 0.355 e. The summed E-state index contributed by atoms with van der Waals surface area (Å²) in [7, 11) is 1.62. The van der Waals surface area contributed by atoms with E-state index in [1.807, 2.05) is 6.92 Å². The summed E-state index contributed by atoms with van der Waals surface area (Å²) in [6, 6.07) is 3.95. The van der Waals surface area contributed by atoms with Crippen molar-refractivity contribution in [2.45, 2.75) is 25.4 Å². The van der Waals surface area contributed by atoms with Gasteiger partial charge in [0.1, 0.15) is 6.04 Å². The number of carbonyl (C=O) groups excluding carboxylic acids is 2. The number of fused-ring (bicyclic) bond motifs is 1. The maximum atomic E-state index is 12.9. The van der Waals surface area contributed by atoms with Crippen LogP contribution < -0.4 is 16.6 Å². The zero-order valence-corrected chi connectivity index (χ0v) is 14.2. The van der Waals surface area contributed by atoms with Gasteiger partial charge >= 0.3 is 0 Å². The van der Waals surface area contributed by atoms with E-state index in [9.17, 15) is 14.4 Å². The van der Waals surface area contributed by atoms with Gasteiger partial charge in [-0.05, 0) is 31.5 Å². The van der Waals surface area contributed by atoms with Crippen molar-refractivity contribution in [1.82, 2.24) is 19.8 Å². The van der Waals surface area contributed by atoms with Gasteiger partial charge in [-0.1, -0.05) is 0 Å². The Morgan fingerprint density at radius 3 is 2.88 bits per heavy atom. The highest BCUT2D eigenvalue weighted by atomic mass is 16.2. The van der Waals surface area contributed by atoms with E-state index in [4.69, 9.17) is 5.73 Å². The second-order valence-corrected chi connectivity index (χ2v) is 6.26. The topological polar surface area (TPSA) is 110 Å². The van der Waals surface area contributed by atoms with E-state index in [0.29, 0.717) is 36.0 Å². The van der Waals surface area contributed by atoms with E-state index < -0.39 is 6.04 Å². The second kappa shape index (κ2) is 6.64. The number of nitrogens with zero attached hydrogens (tertiary/aromatic N) is 3. The van der Waals surface area contributed by atoms with Crippen molar-refractivity contribution in [3.63, 3.8) is 0 Å². The maximum Gasteiger partial charge on any atom is 0.260 e. The molecule has 0 aliphatic carbocycles. The van der Waals surface area contributed by atoms with Crippen molar-refractivity contribution in [3.8, 4) is 0 Å². The Kier molecular flexibility index (Phi) is 4.54. The first-order chi connectivity index (χ1) is 11.9. The number of rotatable bonds is 3. The highest BCUT2D eigenvalue weighted by molar-refractivity contribution is 6.00. The highest BCUT2D eigenvalue weighted by Gasteiger charge is 2.38. The molecule has 1 saturated heterocycles. The van der Waals surface area contributed by atoms with Crippen molar-refractivity contribution in [2.24, 2.45) is 12.8 Å². The highest BCUT2D eigenvalue weighted by Crippen LogP contribution is 2.21. The summed E-state index contributed by atoms with van der Waals surface area (Å²) in [5.74, 6) is -0.481. The Balaban J connectivity index is 1.94. The van der Waals surface area contributed by atoms with E-state index in [0.717, 1.165) is 0 Å². The van der Waals surface area contributed by atoms with Gasteiger partial charge in [-0.3, -0.25) is 14.4 Å². The van der Waals surface area contributed by atoms with Gasteiger partial charge in [0, 0.05) is 31.7 Å². The lowest BCUT2D eigenvalue weighted by molar-refractivity contribution is -0.124. The molecule has 0 spiro atoms. The van der Waals surface area contributed by atoms with Crippen molar-refractivity contribution in [3.05, 3.63) is 40.4 Å². The molecule has 0 radical (unpaired) electrons. The Morgan fingerprint density at radius 1 is 1.40 bits per heavy atom. The van der Waals surface area contributed by atoms with Crippen LogP contribution in [0.2, 0.25) is 0 Å². The van der Waals surface area contributed by atoms with Gasteiger partial charge in [-0.2, -0.15) is 0 Å². The molecule has 2 heterocycles. The van der Waals surface area contributed by atoms with E-state index in [1.165, 1.54) is 15.8 Å². The average molecular weight is 343 g/mol. The molecule has 3 rings (SSSR count). The summed E-state index contributed by atoms with van der Waals surface area (Å²) in [6.07, 6.45) is 1.85. The molecular weight excluding hydrogens is 322 g/mol. The third-order valence-electron chi connectivity index (χ3n) is 4.41. The van der Waals surface area contributed by atoms with Crippen LogP contribution in [-0.4, -0.2) is 51.4 Å². The number of carbonyl (C=O) groups is 2. The molecule has 1 aliphatic rings. The van der Waals surface area contributed by atoms with Crippen LogP contribution in [0.1, 0.15) is 23.7 Å². The van der Waals surface area contributed by atoms with Gasteiger partial charge in [0.25, 0.3) is 11.5 Å². The fraction of sp³-hybridized carbons (Fsp3) is 0.412. The average Bonchev–Trinajstić information content (AvgIpc) is 2.99. The van der Waals surface area contributed by atoms with Crippen molar-refractivity contribution in [1.29, 1.82) is 0 Å². The van der Waals surface area contributed by atoms with Crippen LogP contribution >= 0.6 is 0 Å². The normalized spacial score (nSPS) is 20.0. The third kappa shape index (κ3) is 3.12. The molecule has 2 atom stereocenters. The first kappa shape index (κ1) is 17.1. The minimum Gasteiger partial charge on any atom is -0.355 e. The molecule has 8 nitrogen and oxygen atoms in total. The number of hydrogen-bond acceptors (Lipinski definition) is 5. The molecule has 8 heteroatoms. The van der Waals surface area contributed by atoms with E-state index >= 15 is 0 Å². The monoisotopic (exact) mass is 343 g/mol. The molecule has 1 aliphatic heterocycles. The van der Waals surface area contributed by atoms with Gasteiger partial charge in [-0.25, -0.2) is 4.98 Å². The number of nitrogens with one attached hydrogen (secondary N) is 1. The molecule has 0 unspecified atom stereocenters. The zero-order valence-electron chi connectivity index (χ0n) is 14.2. The van der Waals surface area contributed by atoms with Crippen LogP contribution in [0.5, 0.6) is 0 Å². The molecule has 2 aromatic rings. The number of benzene rings is 1. The van der Waals surface area contributed by atoms with Gasteiger partial charge in [0.05, 0.1) is 17.2 Å². The summed E-state index contributed by atoms with van der Waals surface area (Å²) in [5, 5.41) is 3.19. The van der Waals surface area contributed by atoms with Crippen molar-refractivity contribution >= 4 is 22.7 Å². The minimum absolute atomic E-state index is 0.174. The predicted molar refractivity (Wildman–Crippen MR) is 93.1 cm³/mol. The zero-order chi connectivity index (χ0) is 18.1. The lowest BCUT2D eigenvalue weighted by Gasteiger charge is -2.23. The quantitative estimate of drug-likeness (QED) is 0.789. The van der Waals surface area contributed by atoms with E-state index in [2.05, 4.69) is 10.3 Å². The Morgan fingerprint density at radius 2 is 2.16 bits per heavy atom. The standard InChI is InChI=1S/C17H21N5O3/c1-3-19-15(23)14-7-11(18)8-22(14)16(24)10-4-5-12-13(6-10)20-9-21(2)17(12)25/h4-6,9,11,14H,3,7-8,18H2,1-2H3,(H,19,23)/t11-,14-/m0/s1. The Hall–Kier alpha value is -2.74. The first-order valence-electron chi connectivity index (χ1n) is 8.22. The number of likely N-dealkylation sites (N-methyl/N-ethyl adjacent to an activating group) is 1. The number of likely N-dealkylation sites (tertiary alicyclic amines) is 1. The van der Waals surface area contributed by atoms with Crippen LogP contribution in [0, 0.1) is 0 Å². The predicted octanol–water partition coefficient (Wildman–Crippen LogP) is -0.389. The first-order valence-corrected chi connectivity index (χ1v) is 8.22. The minimum atomic E-state index is -0.574. The van der Waals surface area contributed by atoms with Gasteiger partial charge < -0.3 is 20.5 Å². The number of aryl methyl sites for hydroxylation is 1. The lowest BCUT2D eigenvalue weighted by Crippen LogP contribution is -2.46. The van der Waals surface area contributed by atoms with Crippen LogP contribution in [0.4, 0.5) is 0 Å². The Bertz CT molecular complexity index is 891. The fourth-order valence-electron chi connectivity index (χ4n) is 3.14. The van der Waals surface area contributed by atoms with Crippen molar-refractivity contribution in [2.75, 3.05) is 13.1 Å². The van der Waals surface area contributed by atoms with E-state index in [-0.39, 0.29) is 23.4 Å². The summed E-state index contributed by atoms with van der Waals surface area (Å²) in [6.45, 7) is 2.65. The number of aromatic nitrogens is 2. The second-order valence-electron chi connectivity index (χ2n) is 6.26. The molecule has 0 bridgehead atoms. The molecule has 1 fully saturated rings. The molecule has 132 valence electrons. The summed E-state index contributed by atoms with van der Waals surface area (Å²) in [4.78, 5) is 42.9. The molecule has 0 saturated carbocycles. The van der Waals surface area contributed by atoms with Crippen LogP contribution in [0.15, 0.2) is 29.3 Å². The van der Waals surface area contributed by atoms with Gasteiger partial charge in [0.2, 0.25) is 5.91 Å². The molecular formula is C17H21N5O3. The van der Waals surface area contributed by atoms with Gasteiger partial charge in [0.15, 0.2) is 0 Å².